The lowest BCUT2D eigenvalue weighted by molar-refractivity contribution is 0.0984. The largest absolute Gasteiger partial charge is 0.497 e. The van der Waals surface area contributed by atoms with Crippen LogP contribution in [-0.4, -0.2) is 23.0 Å². The van der Waals surface area contributed by atoms with Crippen LogP contribution in [0.5, 0.6) is 5.75 Å². The highest BCUT2D eigenvalue weighted by Crippen LogP contribution is 2.33. The number of carbonyl (C=O) groups is 1. The van der Waals surface area contributed by atoms with Gasteiger partial charge in [-0.05, 0) is 55.8 Å². The van der Waals surface area contributed by atoms with Crippen LogP contribution in [0, 0.1) is 13.8 Å². The summed E-state index contributed by atoms with van der Waals surface area (Å²) in [5.74, 6) is 0.684. The van der Waals surface area contributed by atoms with Crippen molar-refractivity contribution in [1.29, 1.82) is 0 Å². The van der Waals surface area contributed by atoms with Gasteiger partial charge < -0.3 is 4.74 Å². The van der Waals surface area contributed by atoms with E-state index in [9.17, 15) is 4.79 Å². The summed E-state index contributed by atoms with van der Waals surface area (Å²) >= 11 is 1.47. The highest BCUT2D eigenvalue weighted by Gasteiger charge is 2.23. The Balaban J connectivity index is 1.78. The van der Waals surface area contributed by atoms with Crippen LogP contribution in [0.3, 0.4) is 0 Å². The smallest absolute Gasteiger partial charge is 0.260 e. The number of aryl methyl sites for hydroxylation is 2. The van der Waals surface area contributed by atoms with Crippen molar-refractivity contribution < 1.29 is 9.53 Å². The molecule has 1 amide bonds. The number of amides is 1. The zero-order valence-corrected chi connectivity index (χ0v) is 17.4. The molecule has 6 heteroatoms. The van der Waals surface area contributed by atoms with E-state index in [1.807, 2.05) is 68.4 Å². The number of methoxy groups -OCH3 is 1. The summed E-state index contributed by atoms with van der Waals surface area (Å²) in [5, 5.41) is 0.642. The molecule has 0 aliphatic heterocycles. The number of fused-ring (bicyclic) bond motifs is 1. The van der Waals surface area contributed by atoms with Crippen molar-refractivity contribution in [1.82, 2.24) is 9.97 Å². The topological polar surface area (TPSA) is 55.3 Å². The van der Waals surface area contributed by atoms with Gasteiger partial charge in [0.2, 0.25) is 0 Å². The summed E-state index contributed by atoms with van der Waals surface area (Å²) in [6, 6.07) is 17.3. The normalized spacial score (nSPS) is 10.9. The van der Waals surface area contributed by atoms with Gasteiger partial charge in [0.1, 0.15) is 5.75 Å². The molecule has 29 heavy (non-hydrogen) atoms. The third-order valence-electron chi connectivity index (χ3n) is 4.72. The SMILES string of the molecule is COc1ccc2nc(N(Cc3ccccn3)C(=O)c3ccc(C)cc3C)sc2c1. The van der Waals surface area contributed by atoms with Crippen molar-refractivity contribution in [2.45, 2.75) is 20.4 Å². The minimum Gasteiger partial charge on any atom is -0.497 e. The lowest BCUT2D eigenvalue weighted by Crippen LogP contribution is -2.31. The van der Waals surface area contributed by atoms with Crippen LogP contribution in [0.1, 0.15) is 27.2 Å². The summed E-state index contributed by atoms with van der Waals surface area (Å²) in [6.45, 7) is 4.33. The summed E-state index contributed by atoms with van der Waals surface area (Å²) in [6.07, 6.45) is 1.73. The zero-order chi connectivity index (χ0) is 20.4. The number of nitrogens with zero attached hydrogens (tertiary/aromatic N) is 3. The number of thiazole rings is 1. The Morgan fingerprint density at radius 3 is 2.69 bits per heavy atom. The van der Waals surface area contributed by atoms with Crippen LogP contribution in [0.15, 0.2) is 60.8 Å². The molecule has 2 heterocycles. The van der Waals surface area contributed by atoms with Gasteiger partial charge in [-0.25, -0.2) is 4.98 Å². The van der Waals surface area contributed by atoms with Crippen LogP contribution in [0.25, 0.3) is 10.2 Å². The van der Waals surface area contributed by atoms with E-state index >= 15 is 0 Å². The van der Waals surface area contributed by atoms with E-state index in [-0.39, 0.29) is 5.91 Å². The van der Waals surface area contributed by atoms with E-state index in [1.54, 1.807) is 18.2 Å². The minimum absolute atomic E-state index is 0.0841. The predicted octanol–water partition coefficient (Wildman–Crippen LogP) is 5.16. The average Bonchev–Trinajstić information content (AvgIpc) is 3.15. The second-order valence-electron chi connectivity index (χ2n) is 6.86. The van der Waals surface area contributed by atoms with Crippen molar-refractivity contribution in [3.8, 4) is 5.75 Å². The molecule has 146 valence electrons. The van der Waals surface area contributed by atoms with E-state index in [1.165, 1.54) is 11.3 Å². The molecular weight excluding hydrogens is 382 g/mol. The first kappa shape index (κ1) is 19.1. The van der Waals surface area contributed by atoms with Gasteiger partial charge in [0.25, 0.3) is 5.91 Å². The Kier molecular flexibility index (Phi) is 5.27. The molecule has 0 radical (unpaired) electrons. The van der Waals surface area contributed by atoms with E-state index in [0.29, 0.717) is 17.2 Å². The molecule has 5 nitrogen and oxygen atoms in total. The Morgan fingerprint density at radius 2 is 1.97 bits per heavy atom. The minimum atomic E-state index is -0.0841. The molecule has 0 fully saturated rings. The second kappa shape index (κ2) is 8.01. The fraction of sp³-hybridized carbons (Fsp3) is 0.174. The number of ether oxygens (including phenoxy) is 1. The monoisotopic (exact) mass is 403 g/mol. The standard InChI is InChI=1S/C23H21N3O2S/c1-15-7-9-19(16(2)12-15)22(27)26(14-17-6-4-5-11-24-17)23-25-20-10-8-18(28-3)13-21(20)29-23/h4-13H,14H2,1-3H3. The molecule has 4 rings (SSSR count). The molecule has 2 aromatic carbocycles. The lowest BCUT2D eigenvalue weighted by Gasteiger charge is -2.20. The number of pyridine rings is 1. The van der Waals surface area contributed by atoms with Gasteiger partial charge in [-0.1, -0.05) is 35.1 Å². The first-order valence-electron chi connectivity index (χ1n) is 9.29. The molecular formula is C23H21N3O2S. The van der Waals surface area contributed by atoms with Gasteiger partial charge >= 0.3 is 0 Å². The van der Waals surface area contributed by atoms with Crippen LogP contribution in [0.2, 0.25) is 0 Å². The van der Waals surface area contributed by atoms with E-state index < -0.39 is 0 Å². The molecule has 0 unspecified atom stereocenters. The molecule has 0 bridgehead atoms. The van der Waals surface area contributed by atoms with Gasteiger partial charge in [0.15, 0.2) is 5.13 Å². The van der Waals surface area contributed by atoms with Crippen LogP contribution in [0.4, 0.5) is 5.13 Å². The van der Waals surface area contributed by atoms with E-state index in [0.717, 1.165) is 32.8 Å². The number of carbonyl (C=O) groups excluding carboxylic acids is 1. The van der Waals surface area contributed by atoms with Crippen molar-refractivity contribution in [2.75, 3.05) is 12.0 Å². The van der Waals surface area contributed by atoms with Crippen molar-refractivity contribution in [3.05, 3.63) is 83.2 Å². The molecule has 2 aromatic heterocycles. The molecule has 0 saturated carbocycles. The van der Waals surface area contributed by atoms with Crippen molar-refractivity contribution in [3.63, 3.8) is 0 Å². The quantitative estimate of drug-likeness (QED) is 0.462. The Hall–Kier alpha value is -3.25. The summed E-state index contributed by atoms with van der Waals surface area (Å²) in [7, 11) is 1.64. The van der Waals surface area contributed by atoms with Crippen LogP contribution in [-0.2, 0) is 6.54 Å². The van der Waals surface area contributed by atoms with Crippen LogP contribution >= 0.6 is 11.3 Å². The Labute approximate surface area is 173 Å². The van der Waals surface area contributed by atoms with Gasteiger partial charge in [-0.2, -0.15) is 0 Å². The first-order valence-corrected chi connectivity index (χ1v) is 10.1. The Morgan fingerprint density at radius 1 is 1.10 bits per heavy atom. The van der Waals surface area contributed by atoms with E-state index in [4.69, 9.17) is 9.72 Å². The van der Waals surface area contributed by atoms with Crippen molar-refractivity contribution >= 4 is 32.6 Å². The predicted molar refractivity (Wildman–Crippen MR) is 117 cm³/mol. The Bertz CT molecular complexity index is 1170. The third kappa shape index (κ3) is 3.98. The molecule has 0 spiro atoms. The van der Waals surface area contributed by atoms with Gasteiger partial charge in [-0.3, -0.25) is 14.7 Å². The van der Waals surface area contributed by atoms with Crippen molar-refractivity contribution in [2.24, 2.45) is 0 Å². The maximum absolute atomic E-state index is 13.5. The molecule has 0 saturated heterocycles. The summed E-state index contributed by atoms with van der Waals surface area (Å²) < 4.78 is 6.29. The fourth-order valence-corrected chi connectivity index (χ4v) is 4.21. The number of hydrogen-bond donors (Lipinski definition) is 0. The zero-order valence-electron chi connectivity index (χ0n) is 16.5. The highest BCUT2D eigenvalue weighted by molar-refractivity contribution is 7.22. The summed E-state index contributed by atoms with van der Waals surface area (Å²) in [5.41, 5.74) is 4.39. The van der Waals surface area contributed by atoms with E-state index in [2.05, 4.69) is 4.98 Å². The fourth-order valence-electron chi connectivity index (χ4n) is 3.21. The third-order valence-corrected chi connectivity index (χ3v) is 5.76. The maximum Gasteiger partial charge on any atom is 0.260 e. The maximum atomic E-state index is 13.5. The van der Waals surface area contributed by atoms with Gasteiger partial charge in [-0.15, -0.1) is 0 Å². The number of rotatable bonds is 5. The lowest BCUT2D eigenvalue weighted by atomic mass is 10.0. The van der Waals surface area contributed by atoms with Gasteiger partial charge in [0, 0.05) is 11.8 Å². The van der Waals surface area contributed by atoms with Gasteiger partial charge in [0.05, 0.1) is 29.6 Å². The number of benzene rings is 2. The molecule has 0 N–H and O–H groups in total. The number of aromatic nitrogens is 2. The molecule has 0 aliphatic carbocycles. The first-order chi connectivity index (χ1) is 14.0. The molecule has 4 aromatic rings. The highest BCUT2D eigenvalue weighted by atomic mass is 32.1. The molecule has 0 atom stereocenters. The average molecular weight is 404 g/mol. The number of hydrogen-bond acceptors (Lipinski definition) is 5. The second-order valence-corrected chi connectivity index (χ2v) is 7.87. The van der Waals surface area contributed by atoms with Crippen LogP contribution < -0.4 is 9.64 Å². The molecule has 0 aliphatic rings. The summed E-state index contributed by atoms with van der Waals surface area (Å²) in [4.78, 5) is 24.3. The number of anilines is 1.